The molecule has 4 aromatic rings. The van der Waals surface area contributed by atoms with Crippen LogP contribution < -0.4 is 5.32 Å². The molecule has 0 saturated carbocycles. The van der Waals surface area contributed by atoms with Crippen LogP contribution in [0.15, 0.2) is 83.0 Å². The summed E-state index contributed by atoms with van der Waals surface area (Å²) in [6, 6.07) is 20.5. The number of carbonyl (C=O) groups is 1. The van der Waals surface area contributed by atoms with Crippen LogP contribution >= 0.6 is 0 Å². The Morgan fingerprint density at radius 3 is 2.45 bits per heavy atom. The number of fused-ring (bicyclic) bond motifs is 1. The SMILES string of the molecule is Cc1ccc(N=Nc2c(O)c(C(=O)Nc3ccccc3C)cc3ccccc23)c([N+](=O)[O-])c1. The molecule has 1 amide bonds. The average Bonchev–Trinajstić information content (AvgIpc) is 2.80. The number of aryl methyl sites for hydroxylation is 2. The van der Waals surface area contributed by atoms with Crippen LogP contribution in [0.3, 0.4) is 0 Å². The molecule has 8 heteroatoms. The molecule has 0 bridgehead atoms. The Morgan fingerprint density at radius 1 is 0.970 bits per heavy atom. The van der Waals surface area contributed by atoms with Crippen molar-refractivity contribution in [1.82, 2.24) is 0 Å². The summed E-state index contributed by atoms with van der Waals surface area (Å²) in [5.74, 6) is -0.872. The third-order valence-corrected chi connectivity index (χ3v) is 5.22. The predicted molar refractivity (Wildman–Crippen MR) is 127 cm³/mol. The monoisotopic (exact) mass is 440 g/mol. The van der Waals surface area contributed by atoms with Gasteiger partial charge in [-0.3, -0.25) is 14.9 Å². The van der Waals surface area contributed by atoms with Crippen molar-refractivity contribution < 1.29 is 14.8 Å². The smallest absolute Gasteiger partial charge is 0.296 e. The molecule has 0 unspecified atom stereocenters. The van der Waals surface area contributed by atoms with Crippen LogP contribution in [0.1, 0.15) is 21.5 Å². The lowest BCUT2D eigenvalue weighted by molar-refractivity contribution is -0.384. The number of nitro groups is 1. The molecule has 0 aliphatic heterocycles. The number of para-hydroxylation sites is 1. The van der Waals surface area contributed by atoms with E-state index < -0.39 is 10.8 Å². The first-order valence-electron chi connectivity index (χ1n) is 10.1. The Balaban J connectivity index is 1.81. The van der Waals surface area contributed by atoms with Gasteiger partial charge in [0, 0.05) is 17.1 Å². The molecule has 0 aliphatic carbocycles. The molecule has 8 nitrogen and oxygen atoms in total. The molecule has 0 fully saturated rings. The van der Waals surface area contributed by atoms with E-state index in [9.17, 15) is 20.0 Å². The minimum atomic E-state index is -0.536. The second-order valence-corrected chi connectivity index (χ2v) is 7.56. The summed E-state index contributed by atoms with van der Waals surface area (Å²) in [6.45, 7) is 3.60. The molecular weight excluding hydrogens is 420 g/mol. The molecule has 0 radical (unpaired) electrons. The standard InChI is InChI=1S/C25H20N4O4/c1-15-11-12-21(22(13-15)29(32)33)27-28-23-18-9-5-4-8-17(18)14-19(24(23)30)25(31)26-20-10-6-3-7-16(20)2/h3-14,30H,1-2H3,(H,26,31). The van der Waals surface area contributed by atoms with Gasteiger partial charge in [0.2, 0.25) is 0 Å². The zero-order valence-corrected chi connectivity index (χ0v) is 17.9. The Morgan fingerprint density at radius 2 is 1.70 bits per heavy atom. The Bertz CT molecular complexity index is 1430. The van der Waals surface area contributed by atoms with E-state index in [0.717, 1.165) is 5.56 Å². The first kappa shape index (κ1) is 21.6. The van der Waals surface area contributed by atoms with Crippen molar-refractivity contribution in [2.45, 2.75) is 13.8 Å². The van der Waals surface area contributed by atoms with Crippen molar-refractivity contribution in [3.05, 3.63) is 99.6 Å². The van der Waals surface area contributed by atoms with Gasteiger partial charge >= 0.3 is 0 Å². The van der Waals surface area contributed by atoms with E-state index in [1.807, 2.05) is 19.1 Å². The number of nitrogens with one attached hydrogen (secondary N) is 1. The highest BCUT2D eigenvalue weighted by Gasteiger charge is 2.20. The molecule has 0 heterocycles. The quantitative estimate of drug-likeness (QED) is 0.203. The number of phenolic OH excluding ortho intramolecular Hbond substituents is 1. The van der Waals surface area contributed by atoms with Crippen molar-refractivity contribution >= 4 is 39.4 Å². The molecule has 4 aromatic carbocycles. The van der Waals surface area contributed by atoms with Crippen LogP contribution in [0.2, 0.25) is 0 Å². The van der Waals surface area contributed by atoms with Crippen LogP contribution in [-0.2, 0) is 0 Å². The van der Waals surface area contributed by atoms with Crippen LogP contribution in [0.5, 0.6) is 5.75 Å². The molecule has 164 valence electrons. The van der Waals surface area contributed by atoms with E-state index >= 15 is 0 Å². The van der Waals surface area contributed by atoms with Crippen LogP contribution in [0.4, 0.5) is 22.7 Å². The molecule has 0 aliphatic rings. The highest BCUT2D eigenvalue weighted by atomic mass is 16.6. The second kappa shape index (κ2) is 8.88. The van der Waals surface area contributed by atoms with Gasteiger partial charge in [-0.05, 0) is 48.6 Å². The fourth-order valence-corrected chi connectivity index (χ4v) is 3.46. The number of nitro benzene ring substituents is 1. The Kier molecular flexibility index (Phi) is 5.82. The zero-order valence-electron chi connectivity index (χ0n) is 17.9. The number of hydrogen-bond acceptors (Lipinski definition) is 6. The normalized spacial score (nSPS) is 11.1. The van der Waals surface area contributed by atoms with Crippen molar-refractivity contribution in [1.29, 1.82) is 0 Å². The van der Waals surface area contributed by atoms with Crippen molar-refractivity contribution in [2.75, 3.05) is 5.32 Å². The lowest BCUT2D eigenvalue weighted by Crippen LogP contribution is -2.13. The van der Waals surface area contributed by atoms with E-state index in [1.54, 1.807) is 55.5 Å². The van der Waals surface area contributed by atoms with E-state index in [4.69, 9.17) is 0 Å². The van der Waals surface area contributed by atoms with Gasteiger partial charge in [0.25, 0.3) is 11.6 Å². The maximum Gasteiger partial charge on any atom is 0.296 e. The number of anilines is 1. The van der Waals surface area contributed by atoms with Gasteiger partial charge in [0.15, 0.2) is 11.4 Å². The number of phenols is 1. The number of carbonyl (C=O) groups excluding carboxylic acids is 1. The highest BCUT2D eigenvalue weighted by molar-refractivity contribution is 6.11. The summed E-state index contributed by atoms with van der Waals surface area (Å²) in [6.07, 6.45) is 0. The number of hydrogen-bond donors (Lipinski definition) is 2. The number of amides is 1. The maximum absolute atomic E-state index is 13.0. The molecular formula is C25H20N4O4. The summed E-state index contributed by atoms with van der Waals surface area (Å²) in [5.41, 5.74) is 2.12. The average molecular weight is 440 g/mol. The topological polar surface area (TPSA) is 117 Å². The molecule has 0 atom stereocenters. The summed E-state index contributed by atoms with van der Waals surface area (Å²) in [5, 5.41) is 34.6. The van der Waals surface area contributed by atoms with Gasteiger partial charge in [0.1, 0.15) is 5.69 Å². The number of nitrogens with zero attached hydrogens (tertiary/aromatic N) is 3. The van der Waals surface area contributed by atoms with Gasteiger partial charge < -0.3 is 10.4 Å². The molecule has 0 aromatic heterocycles. The van der Waals surface area contributed by atoms with Crippen LogP contribution in [0, 0.1) is 24.0 Å². The highest BCUT2D eigenvalue weighted by Crippen LogP contribution is 2.40. The van der Waals surface area contributed by atoms with Crippen LogP contribution in [0.25, 0.3) is 10.8 Å². The fraction of sp³-hybridized carbons (Fsp3) is 0.0800. The van der Waals surface area contributed by atoms with E-state index in [0.29, 0.717) is 22.0 Å². The number of azo groups is 1. The second-order valence-electron chi connectivity index (χ2n) is 7.56. The van der Waals surface area contributed by atoms with Gasteiger partial charge in [-0.2, -0.15) is 0 Å². The van der Waals surface area contributed by atoms with Gasteiger partial charge in [-0.15, -0.1) is 10.2 Å². The number of aromatic hydroxyl groups is 1. The molecule has 2 N–H and O–H groups in total. The fourth-order valence-electron chi connectivity index (χ4n) is 3.46. The first-order valence-corrected chi connectivity index (χ1v) is 10.1. The third-order valence-electron chi connectivity index (χ3n) is 5.22. The largest absolute Gasteiger partial charge is 0.505 e. The summed E-state index contributed by atoms with van der Waals surface area (Å²) >= 11 is 0. The molecule has 0 spiro atoms. The molecule has 4 rings (SSSR count). The minimum absolute atomic E-state index is 0.0179. The Labute approximate surface area is 189 Å². The lowest BCUT2D eigenvalue weighted by Gasteiger charge is -2.12. The van der Waals surface area contributed by atoms with E-state index in [-0.39, 0.29) is 28.4 Å². The summed E-state index contributed by atoms with van der Waals surface area (Å²) in [7, 11) is 0. The van der Waals surface area contributed by atoms with Gasteiger partial charge in [-0.25, -0.2) is 0 Å². The maximum atomic E-state index is 13.0. The van der Waals surface area contributed by atoms with Gasteiger partial charge in [-0.1, -0.05) is 48.5 Å². The first-order chi connectivity index (χ1) is 15.8. The van der Waals surface area contributed by atoms with E-state index in [1.165, 1.54) is 12.1 Å². The summed E-state index contributed by atoms with van der Waals surface area (Å²) in [4.78, 5) is 23.9. The number of benzene rings is 4. The van der Waals surface area contributed by atoms with Gasteiger partial charge in [0.05, 0.1) is 10.5 Å². The summed E-state index contributed by atoms with van der Waals surface area (Å²) < 4.78 is 0. The zero-order chi connectivity index (χ0) is 23.5. The predicted octanol–water partition coefficient (Wildman–Crippen LogP) is 6.74. The minimum Gasteiger partial charge on any atom is -0.505 e. The van der Waals surface area contributed by atoms with Crippen molar-refractivity contribution in [2.24, 2.45) is 10.2 Å². The van der Waals surface area contributed by atoms with E-state index in [2.05, 4.69) is 15.5 Å². The molecule has 33 heavy (non-hydrogen) atoms. The number of rotatable bonds is 5. The third kappa shape index (κ3) is 4.40. The van der Waals surface area contributed by atoms with Crippen molar-refractivity contribution in [3.63, 3.8) is 0 Å². The Hall–Kier alpha value is -4.59. The lowest BCUT2D eigenvalue weighted by atomic mass is 10.0. The van der Waals surface area contributed by atoms with Crippen LogP contribution in [-0.4, -0.2) is 15.9 Å². The molecule has 0 saturated heterocycles. The van der Waals surface area contributed by atoms with Crippen molar-refractivity contribution in [3.8, 4) is 5.75 Å².